The molecular formula is C14H23N3. The van der Waals surface area contributed by atoms with Crippen LogP contribution in [0.25, 0.3) is 0 Å². The molecule has 3 nitrogen and oxygen atoms in total. The van der Waals surface area contributed by atoms with E-state index in [1.807, 2.05) is 0 Å². The second-order valence-electron chi connectivity index (χ2n) is 5.54. The van der Waals surface area contributed by atoms with Crippen molar-refractivity contribution in [2.75, 3.05) is 13.1 Å². The smallest absolute Gasteiger partial charge is 0.0950 e. The quantitative estimate of drug-likeness (QED) is 0.851. The van der Waals surface area contributed by atoms with Gasteiger partial charge in [-0.05, 0) is 38.8 Å². The summed E-state index contributed by atoms with van der Waals surface area (Å²) in [7, 11) is 0. The third kappa shape index (κ3) is 2.39. The molecule has 0 spiro atoms. The number of piperidine rings is 1. The summed E-state index contributed by atoms with van der Waals surface area (Å²) in [5.41, 5.74) is 1.50. The fraction of sp³-hybridized carbons (Fsp3) is 0.786. The molecular weight excluding hydrogens is 210 g/mol. The molecule has 1 aromatic rings. The lowest BCUT2D eigenvalue weighted by atomic mass is 9.92. The van der Waals surface area contributed by atoms with Gasteiger partial charge in [-0.1, -0.05) is 19.3 Å². The van der Waals surface area contributed by atoms with Crippen LogP contribution >= 0.6 is 0 Å². The second-order valence-corrected chi connectivity index (χ2v) is 5.54. The average Bonchev–Trinajstić information content (AvgIpc) is 2.90. The highest BCUT2D eigenvalue weighted by Gasteiger charge is 2.23. The Morgan fingerprint density at radius 1 is 1.06 bits per heavy atom. The van der Waals surface area contributed by atoms with Crippen LogP contribution in [0.15, 0.2) is 12.5 Å². The first kappa shape index (κ1) is 11.3. The van der Waals surface area contributed by atoms with Gasteiger partial charge in [-0.25, -0.2) is 4.98 Å². The Hall–Kier alpha value is -0.830. The Morgan fingerprint density at radius 2 is 1.82 bits per heavy atom. The first-order chi connectivity index (χ1) is 8.45. The summed E-state index contributed by atoms with van der Waals surface area (Å²) in [6.07, 6.45) is 13.7. The summed E-state index contributed by atoms with van der Waals surface area (Å²) in [5, 5.41) is 3.45. The summed E-state index contributed by atoms with van der Waals surface area (Å²) >= 11 is 0. The number of hydrogen-bond donors (Lipinski definition) is 1. The molecule has 1 N–H and O–H groups in total. The van der Waals surface area contributed by atoms with Gasteiger partial charge in [-0.3, -0.25) is 0 Å². The molecule has 0 unspecified atom stereocenters. The summed E-state index contributed by atoms with van der Waals surface area (Å²) < 4.78 is 2.50. The van der Waals surface area contributed by atoms with Gasteiger partial charge < -0.3 is 9.88 Å². The number of nitrogens with one attached hydrogen (secondary N) is 1. The Kier molecular flexibility index (Phi) is 3.46. The Bertz CT molecular complexity index is 314. The van der Waals surface area contributed by atoms with Gasteiger partial charge in [0.15, 0.2) is 0 Å². The van der Waals surface area contributed by atoms with E-state index in [4.69, 9.17) is 0 Å². The highest BCUT2D eigenvalue weighted by Crippen LogP contribution is 2.33. The fourth-order valence-corrected chi connectivity index (χ4v) is 3.41. The summed E-state index contributed by atoms with van der Waals surface area (Å²) in [4.78, 5) is 4.42. The summed E-state index contributed by atoms with van der Waals surface area (Å²) in [6.45, 7) is 2.33. The minimum absolute atomic E-state index is 0.733. The summed E-state index contributed by atoms with van der Waals surface area (Å²) in [6, 6.07) is 0.733. The number of hydrogen-bond acceptors (Lipinski definition) is 2. The van der Waals surface area contributed by atoms with Crippen molar-refractivity contribution < 1.29 is 0 Å². The van der Waals surface area contributed by atoms with Crippen LogP contribution < -0.4 is 5.32 Å². The standard InChI is InChI=1S/C14H23N3/c1-2-4-13(5-3-1)17-11-16-10-14(17)12-6-8-15-9-7-12/h10-13,15H,1-9H2. The highest BCUT2D eigenvalue weighted by molar-refractivity contribution is 5.09. The molecule has 2 fully saturated rings. The monoisotopic (exact) mass is 233 g/mol. The zero-order valence-corrected chi connectivity index (χ0v) is 10.6. The Morgan fingerprint density at radius 3 is 2.59 bits per heavy atom. The molecule has 0 aromatic carbocycles. The number of aromatic nitrogens is 2. The van der Waals surface area contributed by atoms with Gasteiger partial charge in [-0.2, -0.15) is 0 Å². The first-order valence-electron chi connectivity index (χ1n) is 7.17. The van der Waals surface area contributed by atoms with E-state index >= 15 is 0 Å². The predicted molar refractivity (Wildman–Crippen MR) is 69.2 cm³/mol. The maximum absolute atomic E-state index is 4.42. The van der Waals surface area contributed by atoms with Gasteiger partial charge in [0, 0.05) is 23.9 Å². The van der Waals surface area contributed by atoms with Gasteiger partial charge in [0.1, 0.15) is 0 Å². The Labute approximate surface area is 104 Å². The molecule has 0 radical (unpaired) electrons. The highest BCUT2D eigenvalue weighted by atomic mass is 15.1. The Balaban J connectivity index is 1.77. The predicted octanol–water partition coefficient (Wildman–Crippen LogP) is 2.86. The van der Waals surface area contributed by atoms with E-state index in [-0.39, 0.29) is 0 Å². The van der Waals surface area contributed by atoms with Crippen LogP contribution in [0.1, 0.15) is 62.6 Å². The molecule has 1 aliphatic heterocycles. The lowest BCUT2D eigenvalue weighted by molar-refractivity contribution is 0.333. The first-order valence-corrected chi connectivity index (χ1v) is 7.17. The number of imidazole rings is 1. The van der Waals surface area contributed by atoms with E-state index in [0.717, 1.165) is 12.0 Å². The normalized spacial score (nSPS) is 24.0. The third-order valence-corrected chi connectivity index (χ3v) is 4.42. The van der Waals surface area contributed by atoms with Gasteiger partial charge in [0.2, 0.25) is 0 Å². The minimum atomic E-state index is 0.733. The van der Waals surface area contributed by atoms with Crippen LogP contribution in [0.3, 0.4) is 0 Å². The largest absolute Gasteiger partial charge is 0.331 e. The van der Waals surface area contributed by atoms with E-state index in [2.05, 4.69) is 27.4 Å². The van der Waals surface area contributed by atoms with Crippen molar-refractivity contribution >= 4 is 0 Å². The number of rotatable bonds is 2. The maximum Gasteiger partial charge on any atom is 0.0950 e. The van der Waals surface area contributed by atoms with E-state index in [9.17, 15) is 0 Å². The molecule has 2 heterocycles. The molecule has 0 amide bonds. The maximum atomic E-state index is 4.42. The zero-order chi connectivity index (χ0) is 11.5. The van der Waals surface area contributed by atoms with E-state index < -0.39 is 0 Å². The molecule has 3 heteroatoms. The lowest BCUT2D eigenvalue weighted by Gasteiger charge is -2.29. The summed E-state index contributed by atoms with van der Waals surface area (Å²) in [5.74, 6) is 0.737. The molecule has 1 aliphatic carbocycles. The second kappa shape index (κ2) is 5.21. The van der Waals surface area contributed by atoms with Gasteiger partial charge in [0.25, 0.3) is 0 Å². The van der Waals surface area contributed by atoms with Crippen LogP contribution in [-0.4, -0.2) is 22.6 Å². The topological polar surface area (TPSA) is 29.9 Å². The van der Waals surface area contributed by atoms with Gasteiger partial charge >= 0.3 is 0 Å². The average molecular weight is 233 g/mol. The SMILES string of the molecule is c1ncn(C2CCCCC2)c1C1CCNCC1. The van der Waals surface area contributed by atoms with Crippen molar-refractivity contribution in [1.82, 2.24) is 14.9 Å². The van der Waals surface area contributed by atoms with Crippen molar-refractivity contribution in [3.63, 3.8) is 0 Å². The molecule has 0 atom stereocenters. The van der Waals surface area contributed by atoms with Gasteiger partial charge in [0.05, 0.1) is 6.33 Å². The van der Waals surface area contributed by atoms with Crippen LogP contribution in [0.5, 0.6) is 0 Å². The van der Waals surface area contributed by atoms with E-state index in [0.29, 0.717) is 0 Å². The van der Waals surface area contributed by atoms with Crippen molar-refractivity contribution in [2.24, 2.45) is 0 Å². The molecule has 1 aromatic heterocycles. The van der Waals surface area contributed by atoms with Crippen LogP contribution in [0, 0.1) is 0 Å². The van der Waals surface area contributed by atoms with Crippen LogP contribution in [0.2, 0.25) is 0 Å². The van der Waals surface area contributed by atoms with Crippen molar-refractivity contribution in [2.45, 2.75) is 56.9 Å². The third-order valence-electron chi connectivity index (χ3n) is 4.42. The van der Waals surface area contributed by atoms with Crippen LogP contribution in [0.4, 0.5) is 0 Å². The molecule has 17 heavy (non-hydrogen) atoms. The fourth-order valence-electron chi connectivity index (χ4n) is 3.41. The van der Waals surface area contributed by atoms with Crippen molar-refractivity contribution in [1.29, 1.82) is 0 Å². The molecule has 3 rings (SSSR count). The van der Waals surface area contributed by atoms with Crippen molar-refractivity contribution in [3.8, 4) is 0 Å². The molecule has 94 valence electrons. The molecule has 0 bridgehead atoms. The molecule has 1 saturated heterocycles. The number of nitrogens with zero attached hydrogens (tertiary/aromatic N) is 2. The molecule has 2 aliphatic rings. The minimum Gasteiger partial charge on any atom is -0.331 e. The zero-order valence-electron chi connectivity index (χ0n) is 10.6. The molecule has 1 saturated carbocycles. The van der Waals surface area contributed by atoms with E-state index in [1.54, 1.807) is 0 Å². The van der Waals surface area contributed by atoms with E-state index in [1.165, 1.54) is 63.7 Å². The van der Waals surface area contributed by atoms with Crippen molar-refractivity contribution in [3.05, 3.63) is 18.2 Å². The lowest BCUT2D eigenvalue weighted by Crippen LogP contribution is -2.28. The van der Waals surface area contributed by atoms with Gasteiger partial charge in [-0.15, -0.1) is 0 Å². The van der Waals surface area contributed by atoms with Crippen LogP contribution in [-0.2, 0) is 0 Å².